The van der Waals surface area contributed by atoms with Gasteiger partial charge < -0.3 is 4.57 Å². The van der Waals surface area contributed by atoms with Gasteiger partial charge in [-0.15, -0.1) is 0 Å². The lowest BCUT2D eigenvalue weighted by Gasteiger charge is -2.03. The lowest BCUT2D eigenvalue weighted by Crippen LogP contribution is -2.24. The maximum atomic E-state index is 11.8. The molecule has 0 unspecified atom stereocenters. The molecule has 78 valence electrons. The van der Waals surface area contributed by atoms with E-state index in [9.17, 15) is 4.79 Å². The van der Waals surface area contributed by atoms with Crippen LogP contribution in [0, 0.1) is 0 Å². The fraction of sp³-hybridized carbons (Fsp3) is 0.222. The summed E-state index contributed by atoms with van der Waals surface area (Å²) in [5.74, 6) is 0.310. The highest BCUT2D eigenvalue weighted by Crippen LogP contribution is 2.06. The third-order valence-corrected chi connectivity index (χ3v) is 2.43. The Morgan fingerprint density at radius 1 is 1.47 bits per heavy atom. The van der Waals surface area contributed by atoms with Gasteiger partial charge in [-0.2, -0.15) is 5.10 Å². The highest BCUT2D eigenvalue weighted by atomic mass is 79.9. The predicted molar refractivity (Wildman–Crippen MR) is 59.0 cm³/mol. The van der Waals surface area contributed by atoms with Crippen LogP contribution in [0.1, 0.15) is 6.92 Å². The summed E-state index contributed by atoms with van der Waals surface area (Å²) < 4.78 is 3.71. The van der Waals surface area contributed by atoms with Gasteiger partial charge in [0, 0.05) is 25.1 Å². The summed E-state index contributed by atoms with van der Waals surface area (Å²) in [6.07, 6.45) is 4.94. The number of halogens is 1. The Labute approximate surface area is 94.5 Å². The normalized spacial score (nSPS) is 10.5. The lowest BCUT2D eigenvalue weighted by atomic mass is 10.5. The average molecular weight is 269 g/mol. The van der Waals surface area contributed by atoms with E-state index in [2.05, 4.69) is 26.0 Å². The van der Waals surface area contributed by atoms with Crippen molar-refractivity contribution >= 4 is 15.9 Å². The monoisotopic (exact) mass is 268 g/mol. The molecule has 0 bridgehead atoms. The van der Waals surface area contributed by atoms with Crippen molar-refractivity contribution in [2.45, 2.75) is 13.5 Å². The number of hydrogen-bond acceptors (Lipinski definition) is 3. The van der Waals surface area contributed by atoms with Gasteiger partial charge in [0.15, 0.2) is 0 Å². The topological polar surface area (TPSA) is 52.7 Å². The summed E-state index contributed by atoms with van der Waals surface area (Å²) in [7, 11) is 0. The molecule has 0 saturated heterocycles. The maximum absolute atomic E-state index is 11.8. The summed E-state index contributed by atoms with van der Waals surface area (Å²) >= 11 is 3.22. The Kier molecular flexibility index (Phi) is 2.68. The quantitative estimate of drug-likeness (QED) is 0.823. The zero-order valence-corrected chi connectivity index (χ0v) is 9.68. The molecule has 2 heterocycles. The molecule has 5 nitrogen and oxygen atoms in total. The van der Waals surface area contributed by atoms with Gasteiger partial charge in [0.2, 0.25) is 5.82 Å². The first-order chi connectivity index (χ1) is 7.22. The number of rotatable bonds is 2. The molecule has 0 saturated carbocycles. The standard InChI is InChI=1S/C9H9BrN4O/c1-2-13-6-4-11-8(9(13)15)14-5-3-7(10)12-14/h3-6H,2H2,1H3. The largest absolute Gasteiger partial charge is 0.311 e. The number of aromatic nitrogens is 4. The highest BCUT2D eigenvalue weighted by Gasteiger charge is 2.06. The summed E-state index contributed by atoms with van der Waals surface area (Å²) in [6.45, 7) is 2.53. The Balaban J connectivity index is 2.58. The van der Waals surface area contributed by atoms with Crippen LogP contribution in [0.4, 0.5) is 0 Å². The molecule has 0 fully saturated rings. The summed E-state index contributed by atoms with van der Waals surface area (Å²) in [4.78, 5) is 15.9. The molecule has 2 aromatic heterocycles. The molecular formula is C9H9BrN4O. The minimum atomic E-state index is -0.143. The van der Waals surface area contributed by atoms with Gasteiger partial charge in [0.25, 0.3) is 5.56 Å². The Bertz CT molecular complexity index is 531. The molecule has 6 heteroatoms. The predicted octanol–water partition coefficient (Wildman–Crippen LogP) is 1.21. The molecule has 0 aliphatic rings. The van der Waals surface area contributed by atoms with Crippen LogP contribution in [0.15, 0.2) is 34.1 Å². The van der Waals surface area contributed by atoms with Gasteiger partial charge in [-0.05, 0) is 28.9 Å². The van der Waals surface area contributed by atoms with Gasteiger partial charge >= 0.3 is 0 Å². The lowest BCUT2D eigenvalue weighted by molar-refractivity contribution is 0.692. The van der Waals surface area contributed by atoms with E-state index in [0.29, 0.717) is 17.0 Å². The minimum Gasteiger partial charge on any atom is -0.311 e. The maximum Gasteiger partial charge on any atom is 0.295 e. The van der Waals surface area contributed by atoms with Gasteiger partial charge in [0.05, 0.1) is 0 Å². The van der Waals surface area contributed by atoms with Crippen LogP contribution in [0.3, 0.4) is 0 Å². The number of nitrogens with zero attached hydrogens (tertiary/aromatic N) is 4. The number of hydrogen-bond donors (Lipinski definition) is 0. The van der Waals surface area contributed by atoms with Gasteiger partial charge in [-0.1, -0.05) is 0 Å². The van der Waals surface area contributed by atoms with Crippen molar-refractivity contribution in [3.8, 4) is 5.82 Å². The third kappa shape index (κ3) is 1.85. The van der Waals surface area contributed by atoms with Crippen molar-refractivity contribution in [3.63, 3.8) is 0 Å². The van der Waals surface area contributed by atoms with E-state index in [4.69, 9.17) is 0 Å². The van der Waals surface area contributed by atoms with Crippen LogP contribution in [0.5, 0.6) is 0 Å². The van der Waals surface area contributed by atoms with Crippen molar-refractivity contribution in [1.29, 1.82) is 0 Å². The number of aryl methyl sites for hydroxylation is 1. The van der Waals surface area contributed by atoms with Crippen molar-refractivity contribution in [2.24, 2.45) is 0 Å². The fourth-order valence-corrected chi connectivity index (χ4v) is 1.55. The summed E-state index contributed by atoms with van der Waals surface area (Å²) in [5.41, 5.74) is -0.143. The molecule has 0 aliphatic heterocycles. The molecule has 2 aromatic rings. The Morgan fingerprint density at radius 2 is 2.27 bits per heavy atom. The van der Waals surface area contributed by atoms with E-state index in [0.717, 1.165) is 0 Å². The van der Waals surface area contributed by atoms with Gasteiger partial charge in [-0.3, -0.25) is 4.79 Å². The molecule has 0 atom stereocenters. The van der Waals surface area contributed by atoms with Crippen LogP contribution >= 0.6 is 15.9 Å². The first kappa shape index (κ1) is 10.1. The van der Waals surface area contributed by atoms with Crippen molar-refractivity contribution < 1.29 is 0 Å². The first-order valence-corrected chi connectivity index (χ1v) is 5.28. The second-order valence-corrected chi connectivity index (χ2v) is 3.74. The molecule has 15 heavy (non-hydrogen) atoms. The molecule has 0 radical (unpaired) electrons. The van der Waals surface area contributed by atoms with Crippen molar-refractivity contribution in [2.75, 3.05) is 0 Å². The third-order valence-electron chi connectivity index (χ3n) is 2.01. The van der Waals surface area contributed by atoms with Gasteiger partial charge in [0.1, 0.15) is 4.60 Å². The van der Waals surface area contributed by atoms with E-state index in [1.807, 2.05) is 6.92 Å². The van der Waals surface area contributed by atoms with E-state index in [1.165, 1.54) is 4.68 Å². The fourth-order valence-electron chi connectivity index (χ4n) is 1.26. The molecule has 0 spiro atoms. The zero-order valence-electron chi connectivity index (χ0n) is 8.09. The van der Waals surface area contributed by atoms with Crippen LogP contribution in [0.25, 0.3) is 5.82 Å². The van der Waals surface area contributed by atoms with Crippen molar-refractivity contribution in [3.05, 3.63) is 39.6 Å². The molecular weight excluding hydrogens is 260 g/mol. The average Bonchev–Trinajstić information content (AvgIpc) is 2.65. The second kappa shape index (κ2) is 3.98. The minimum absolute atomic E-state index is 0.143. The Morgan fingerprint density at radius 3 is 2.87 bits per heavy atom. The smallest absolute Gasteiger partial charge is 0.295 e. The van der Waals surface area contributed by atoms with E-state index in [-0.39, 0.29) is 5.56 Å². The highest BCUT2D eigenvalue weighted by molar-refractivity contribution is 9.10. The van der Waals surface area contributed by atoms with Gasteiger partial charge in [-0.25, -0.2) is 9.67 Å². The van der Waals surface area contributed by atoms with Crippen LogP contribution < -0.4 is 5.56 Å². The zero-order chi connectivity index (χ0) is 10.8. The molecule has 2 rings (SSSR count). The molecule has 0 amide bonds. The van der Waals surface area contributed by atoms with Crippen LogP contribution in [-0.4, -0.2) is 19.3 Å². The Hall–Kier alpha value is -1.43. The molecule has 0 aliphatic carbocycles. The van der Waals surface area contributed by atoms with Crippen LogP contribution in [0.2, 0.25) is 0 Å². The van der Waals surface area contributed by atoms with Crippen molar-refractivity contribution in [1.82, 2.24) is 19.3 Å². The summed E-state index contributed by atoms with van der Waals surface area (Å²) in [6, 6.07) is 1.75. The molecule has 0 N–H and O–H groups in total. The second-order valence-electron chi connectivity index (χ2n) is 2.93. The van der Waals surface area contributed by atoms with E-state index in [1.54, 1.807) is 29.2 Å². The first-order valence-electron chi connectivity index (χ1n) is 4.49. The molecule has 0 aromatic carbocycles. The summed E-state index contributed by atoms with van der Waals surface area (Å²) in [5, 5.41) is 4.07. The van der Waals surface area contributed by atoms with Crippen LogP contribution in [-0.2, 0) is 6.54 Å². The van der Waals surface area contributed by atoms with E-state index < -0.39 is 0 Å². The van der Waals surface area contributed by atoms with E-state index >= 15 is 0 Å². The SMILES string of the molecule is CCn1ccnc(-n2ccc(Br)n2)c1=O.